The van der Waals surface area contributed by atoms with Crippen LogP contribution in [0.25, 0.3) is 0 Å². The molecular formula is C33H44N2O7. The number of anilines is 1. The zero-order chi connectivity index (χ0) is 29.9. The van der Waals surface area contributed by atoms with Crippen molar-refractivity contribution in [3.8, 4) is 11.5 Å². The Morgan fingerprint density at radius 3 is 2.38 bits per heavy atom. The zero-order valence-electron chi connectivity index (χ0n) is 24.6. The van der Waals surface area contributed by atoms with E-state index in [0.29, 0.717) is 43.7 Å². The van der Waals surface area contributed by atoms with Crippen LogP contribution in [0.2, 0.25) is 0 Å². The number of rotatable bonds is 8. The molecule has 2 amide bonds. The average Bonchev–Trinajstić information content (AvgIpc) is 3.47. The molecule has 9 nitrogen and oxygen atoms in total. The van der Waals surface area contributed by atoms with Crippen molar-refractivity contribution in [2.75, 3.05) is 25.1 Å². The maximum atomic E-state index is 13.3. The summed E-state index contributed by atoms with van der Waals surface area (Å²) in [5, 5.41) is 34.3. The van der Waals surface area contributed by atoms with Gasteiger partial charge < -0.3 is 29.7 Å². The Balaban J connectivity index is 1.24. The highest BCUT2D eigenvalue weighted by Crippen LogP contribution is 2.61. The second-order valence-corrected chi connectivity index (χ2v) is 12.7. The van der Waals surface area contributed by atoms with E-state index < -0.39 is 29.1 Å². The minimum Gasteiger partial charge on any atom is -0.457 e. The van der Waals surface area contributed by atoms with Gasteiger partial charge in [0.05, 0.1) is 25.4 Å². The highest BCUT2D eigenvalue weighted by molar-refractivity contribution is 5.84. The number of fused-ring (bicyclic) bond motifs is 1. The Hall–Kier alpha value is -3.14. The van der Waals surface area contributed by atoms with Gasteiger partial charge >= 0.3 is 6.09 Å². The van der Waals surface area contributed by atoms with Crippen LogP contribution in [0.15, 0.2) is 54.6 Å². The van der Waals surface area contributed by atoms with Crippen molar-refractivity contribution in [1.82, 2.24) is 4.90 Å². The lowest BCUT2D eigenvalue weighted by Gasteiger charge is -2.60. The van der Waals surface area contributed by atoms with Crippen LogP contribution < -0.4 is 10.1 Å². The molecule has 1 saturated heterocycles. The highest BCUT2D eigenvalue weighted by atomic mass is 16.6. The van der Waals surface area contributed by atoms with E-state index in [0.717, 1.165) is 18.6 Å². The van der Waals surface area contributed by atoms with Crippen molar-refractivity contribution in [2.24, 2.45) is 22.7 Å². The van der Waals surface area contributed by atoms with Gasteiger partial charge in [-0.05, 0) is 92.2 Å². The summed E-state index contributed by atoms with van der Waals surface area (Å²) in [6.07, 6.45) is 2.52. The summed E-state index contributed by atoms with van der Waals surface area (Å²) in [6, 6.07) is 16.3. The molecule has 228 valence electrons. The number of para-hydroxylation sites is 1. The first kappa shape index (κ1) is 30.3. The van der Waals surface area contributed by atoms with Gasteiger partial charge in [-0.2, -0.15) is 0 Å². The fraction of sp³-hybridized carbons (Fsp3) is 0.576. The number of hydrogen-bond acceptors (Lipinski definition) is 7. The third-order valence-electron chi connectivity index (χ3n) is 10.3. The average molecular weight is 581 g/mol. The van der Waals surface area contributed by atoms with Crippen LogP contribution in [0.3, 0.4) is 0 Å². The van der Waals surface area contributed by atoms with Crippen molar-refractivity contribution in [3.05, 3.63) is 54.6 Å². The highest BCUT2D eigenvalue weighted by Gasteiger charge is 2.60. The molecule has 7 atom stereocenters. The molecule has 3 fully saturated rings. The number of aliphatic hydroxyl groups excluding tert-OH is 3. The molecule has 0 aromatic heterocycles. The minimum absolute atomic E-state index is 0.0267. The molecule has 1 heterocycles. The molecule has 0 bridgehead atoms. The summed E-state index contributed by atoms with van der Waals surface area (Å²) < 4.78 is 11.8. The molecule has 0 radical (unpaired) electrons. The van der Waals surface area contributed by atoms with E-state index >= 15 is 0 Å². The van der Waals surface area contributed by atoms with Crippen LogP contribution in [0, 0.1) is 22.7 Å². The van der Waals surface area contributed by atoms with Gasteiger partial charge in [-0.1, -0.05) is 32.0 Å². The van der Waals surface area contributed by atoms with E-state index in [1.807, 2.05) is 37.3 Å². The third-order valence-corrected chi connectivity index (χ3v) is 10.3. The monoisotopic (exact) mass is 580 g/mol. The Morgan fingerprint density at radius 1 is 0.976 bits per heavy atom. The SMILES string of the molecule is C[C@]1(CO)[C@H]2CC[C@@H](O)[C@@H](CC(=O)N3CCC[C@H]3CO)[C@]2(C)CC[C@H]1OC(=O)Nc1ccc(Oc2ccccc2)cc1. The molecule has 2 aromatic rings. The van der Waals surface area contributed by atoms with Gasteiger partial charge in [0, 0.05) is 24.1 Å². The standard InChI is InChI=1S/C33H44N2O7/c1-32-17-16-29(42-31(40)34-22-10-12-25(13-11-22)41-24-8-4-3-5-9-24)33(2,21-37)28(32)15-14-27(38)26(32)19-30(39)35-18-6-7-23(35)20-36/h3-5,8-13,23,26-29,36-38H,6-7,14-21H2,1-2H3,(H,34,40)/t23-,26+,27+,28-,29+,32-,33-/m0/s1. The number of hydrogen-bond donors (Lipinski definition) is 4. The van der Waals surface area contributed by atoms with Gasteiger partial charge in [0.15, 0.2) is 0 Å². The van der Waals surface area contributed by atoms with Gasteiger partial charge in [0.1, 0.15) is 17.6 Å². The lowest BCUT2D eigenvalue weighted by molar-refractivity contribution is -0.186. The van der Waals surface area contributed by atoms with E-state index in [-0.39, 0.29) is 43.4 Å². The van der Waals surface area contributed by atoms with E-state index in [9.17, 15) is 24.9 Å². The lowest BCUT2D eigenvalue weighted by Crippen LogP contribution is -2.61. The van der Waals surface area contributed by atoms with E-state index in [2.05, 4.69) is 12.2 Å². The fourth-order valence-electron chi connectivity index (χ4n) is 7.95. The Kier molecular flexibility index (Phi) is 9.11. The predicted molar refractivity (Wildman–Crippen MR) is 158 cm³/mol. The zero-order valence-corrected chi connectivity index (χ0v) is 24.6. The quantitative estimate of drug-likeness (QED) is 0.348. The molecule has 0 spiro atoms. The van der Waals surface area contributed by atoms with Crippen molar-refractivity contribution in [3.63, 3.8) is 0 Å². The van der Waals surface area contributed by atoms with Gasteiger partial charge in [-0.3, -0.25) is 10.1 Å². The second-order valence-electron chi connectivity index (χ2n) is 12.7. The number of nitrogens with one attached hydrogen (secondary N) is 1. The summed E-state index contributed by atoms with van der Waals surface area (Å²) in [4.78, 5) is 28.1. The third kappa shape index (κ3) is 6.00. The molecule has 2 aromatic carbocycles. The van der Waals surface area contributed by atoms with Crippen molar-refractivity contribution in [1.29, 1.82) is 0 Å². The number of nitrogens with zero attached hydrogens (tertiary/aromatic N) is 1. The second kappa shape index (κ2) is 12.6. The number of benzene rings is 2. The van der Waals surface area contributed by atoms with E-state index in [4.69, 9.17) is 9.47 Å². The van der Waals surface area contributed by atoms with Gasteiger partial charge in [-0.25, -0.2) is 4.79 Å². The molecule has 1 aliphatic heterocycles. The summed E-state index contributed by atoms with van der Waals surface area (Å²) >= 11 is 0. The summed E-state index contributed by atoms with van der Waals surface area (Å²) in [5.41, 5.74) is -0.584. The summed E-state index contributed by atoms with van der Waals surface area (Å²) in [7, 11) is 0. The number of aliphatic hydroxyl groups is 3. The number of likely N-dealkylation sites (tertiary alicyclic amines) is 1. The number of ether oxygens (including phenoxy) is 2. The predicted octanol–water partition coefficient (Wildman–Crippen LogP) is 4.96. The van der Waals surface area contributed by atoms with Crippen LogP contribution >= 0.6 is 0 Å². The molecule has 3 aliphatic rings. The van der Waals surface area contributed by atoms with Crippen molar-refractivity contribution in [2.45, 2.75) is 77.0 Å². The molecule has 9 heteroatoms. The molecule has 4 N–H and O–H groups in total. The van der Waals surface area contributed by atoms with Crippen LogP contribution in [0.4, 0.5) is 10.5 Å². The van der Waals surface area contributed by atoms with Crippen LogP contribution in [0.1, 0.15) is 58.8 Å². The normalized spacial score (nSPS) is 32.6. The smallest absolute Gasteiger partial charge is 0.411 e. The number of carbonyl (C=O) groups excluding carboxylic acids is 2. The largest absolute Gasteiger partial charge is 0.457 e. The Labute approximate surface area is 247 Å². The molecule has 2 saturated carbocycles. The van der Waals surface area contributed by atoms with E-state index in [1.165, 1.54) is 0 Å². The fourth-order valence-corrected chi connectivity index (χ4v) is 7.95. The van der Waals surface area contributed by atoms with Crippen molar-refractivity contribution < 1.29 is 34.4 Å². The van der Waals surface area contributed by atoms with Gasteiger partial charge in [0.2, 0.25) is 5.91 Å². The molecular weight excluding hydrogens is 536 g/mol. The lowest BCUT2D eigenvalue weighted by atomic mass is 9.46. The number of amides is 2. The maximum Gasteiger partial charge on any atom is 0.411 e. The van der Waals surface area contributed by atoms with Gasteiger partial charge in [-0.15, -0.1) is 0 Å². The summed E-state index contributed by atoms with van der Waals surface area (Å²) in [5.74, 6) is 1.01. The topological polar surface area (TPSA) is 129 Å². The first-order chi connectivity index (χ1) is 20.2. The molecule has 5 rings (SSSR count). The van der Waals surface area contributed by atoms with Crippen molar-refractivity contribution >= 4 is 17.7 Å². The Bertz CT molecular complexity index is 1220. The van der Waals surface area contributed by atoms with E-state index in [1.54, 1.807) is 29.2 Å². The van der Waals surface area contributed by atoms with Crippen LogP contribution in [0.5, 0.6) is 11.5 Å². The Morgan fingerprint density at radius 2 is 1.69 bits per heavy atom. The van der Waals surface area contributed by atoms with Gasteiger partial charge in [0.25, 0.3) is 0 Å². The minimum atomic E-state index is -0.736. The van der Waals surface area contributed by atoms with Crippen LogP contribution in [-0.4, -0.2) is 70.2 Å². The molecule has 42 heavy (non-hydrogen) atoms. The summed E-state index contributed by atoms with van der Waals surface area (Å²) in [6.45, 7) is 4.49. The van der Waals surface area contributed by atoms with Crippen LogP contribution in [-0.2, 0) is 9.53 Å². The number of carbonyl (C=O) groups is 2. The molecule has 0 unspecified atom stereocenters. The first-order valence-electron chi connectivity index (χ1n) is 15.2. The maximum absolute atomic E-state index is 13.3. The first-order valence-corrected chi connectivity index (χ1v) is 15.2. The molecule has 2 aliphatic carbocycles.